The summed E-state index contributed by atoms with van der Waals surface area (Å²) in [6.07, 6.45) is 0. The molecule has 0 fully saturated rings. The van der Waals surface area contributed by atoms with Gasteiger partial charge in [0.15, 0.2) is 0 Å². The highest BCUT2D eigenvalue weighted by molar-refractivity contribution is 6.24. The number of hydrogen-bond donors (Lipinski definition) is 0. The van der Waals surface area contributed by atoms with Crippen LogP contribution in [0.1, 0.15) is 0 Å². The normalized spacial score (nSPS) is 11.8. The highest BCUT2D eigenvalue weighted by Gasteiger charge is 2.20. The Balaban J connectivity index is 1.30. The third-order valence-electron chi connectivity index (χ3n) is 9.80. The molecule has 1 nitrogen and oxygen atoms in total. The molecular formula is C46H28O. The zero-order valence-corrected chi connectivity index (χ0v) is 25.6. The molecule has 47 heavy (non-hydrogen) atoms. The Morgan fingerprint density at radius 2 is 0.766 bits per heavy atom. The Labute approximate surface area is 271 Å². The van der Waals surface area contributed by atoms with Crippen LogP contribution in [0.5, 0.6) is 0 Å². The van der Waals surface area contributed by atoms with E-state index in [2.05, 4.69) is 170 Å². The van der Waals surface area contributed by atoms with Gasteiger partial charge in [0.2, 0.25) is 0 Å². The summed E-state index contributed by atoms with van der Waals surface area (Å²) in [5.41, 5.74) is 9.25. The molecule has 0 saturated heterocycles. The number of fused-ring (bicyclic) bond motifs is 7. The molecule has 1 aromatic heterocycles. The molecule has 0 spiro atoms. The highest BCUT2D eigenvalue weighted by Crippen LogP contribution is 2.47. The van der Waals surface area contributed by atoms with Crippen LogP contribution in [0.15, 0.2) is 174 Å². The maximum Gasteiger partial charge on any atom is 0.136 e. The Morgan fingerprint density at radius 3 is 1.40 bits per heavy atom. The molecule has 0 atom stereocenters. The van der Waals surface area contributed by atoms with Gasteiger partial charge in [0, 0.05) is 10.8 Å². The zero-order chi connectivity index (χ0) is 30.9. The lowest BCUT2D eigenvalue weighted by molar-refractivity contribution is 0.669. The van der Waals surface area contributed by atoms with Crippen molar-refractivity contribution < 1.29 is 4.42 Å². The van der Waals surface area contributed by atoms with E-state index in [0.717, 1.165) is 21.9 Å². The second-order valence-electron chi connectivity index (χ2n) is 12.5. The maximum atomic E-state index is 6.39. The van der Waals surface area contributed by atoms with Crippen molar-refractivity contribution in [2.75, 3.05) is 0 Å². The SMILES string of the molecule is c1ccc(-c2cc3ccccc3cc2-c2c3ccccc3c(-c3ccc4oc5cc6ccccc6cc5c4c3)c3ccccc23)cc1. The van der Waals surface area contributed by atoms with E-state index >= 15 is 0 Å². The third kappa shape index (κ3) is 4.03. The average molecular weight is 597 g/mol. The highest BCUT2D eigenvalue weighted by atomic mass is 16.3. The molecule has 10 rings (SSSR count). The Kier molecular flexibility index (Phi) is 5.64. The Morgan fingerprint density at radius 1 is 0.277 bits per heavy atom. The standard InChI is InChI=1S/C46H28O/c1-2-12-29(13-3-1)39-24-30-14-4-5-16-32(30)26-42(39)46-37-20-10-8-18-35(37)45(36-19-9-11-21-38(36)46)34-22-23-43-40(27-34)41-25-31-15-6-7-17-33(31)28-44(41)47-43/h1-28H. The van der Waals surface area contributed by atoms with Gasteiger partial charge in [-0.25, -0.2) is 0 Å². The van der Waals surface area contributed by atoms with E-state index in [1.807, 2.05) is 0 Å². The van der Waals surface area contributed by atoms with Crippen molar-refractivity contribution in [3.8, 4) is 33.4 Å². The Bertz CT molecular complexity index is 2780. The molecule has 218 valence electrons. The molecular weight excluding hydrogens is 569 g/mol. The topological polar surface area (TPSA) is 13.1 Å². The fraction of sp³-hybridized carbons (Fsp3) is 0. The van der Waals surface area contributed by atoms with E-state index in [0.29, 0.717) is 0 Å². The number of hydrogen-bond acceptors (Lipinski definition) is 1. The van der Waals surface area contributed by atoms with Crippen LogP contribution in [0.25, 0.3) is 98.4 Å². The van der Waals surface area contributed by atoms with E-state index in [9.17, 15) is 0 Å². The maximum absolute atomic E-state index is 6.39. The van der Waals surface area contributed by atoms with E-state index in [1.54, 1.807) is 0 Å². The lowest BCUT2D eigenvalue weighted by atomic mass is 9.83. The number of furan rings is 1. The van der Waals surface area contributed by atoms with Crippen molar-refractivity contribution in [3.05, 3.63) is 170 Å². The van der Waals surface area contributed by atoms with Gasteiger partial charge in [-0.15, -0.1) is 0 Å². The summed E-state index contributed by atoms with van der Waals surface area (Å²) in [5, 5.41) is 12.2. The summed E-state index contributed by atoms with van der Waals surface area (Å²) in [4.78, 5) is 0. The van der Waals surface area contributed by atoms with Gasteiger partial charge in [0.25, 0.3) is 0 Å². The van der Waals surface area contributed by atoms with Crippen molar-refractivity contribution in [2.45, 2.75) is 0 Å². The van der Waals surface area contributed by atoms with Gasteiger partial charge in [0.1, 0.15) is 11.2 Å². The van der Waals surface area contributed by atoms with Crippen molar-refractivity contribution in [1.82, 2.24) is 0 Å². The molecule has 0 radical (unpaired) electrons. The average Bonchev–Trinajstić information content (AvgIpc) is 3.49. The minimum atomic E-state index is 0.910. The van der Waals surface area contributed by atoms with Gasteiger partial charge in [-0.2, -0.15) is 0 Å². The van der Waals surface area contributed by atoms with Crippen molar-refractivity contribution in [1.29, 1.82) is 0 Å². The van der Waals surface area contributed by atoms with Crippen LogP contribution < -0.4 is 0 Å². The van der Waals surface area contributed by atoms with Crippen molar-refractivity contribution in [2.24, 2.45) is 0 Å². The van der Waals surface area contributed by atoms with Gasteiger partial charge in [0.05, 0.1) is 0 Å². The summed E-state index contributed by atoms with van der Waals surface area (Å²) in [6, 6.07) is 61.7. The lowest BCUT2D eigenvalue weighted by Gasteiger charge is -2.20. The second kappa shape index (κ2) is 10.2. The number of rotatable bonds is 3. The van der Waals surface area contributed by atoms with E-state index < -0.39 is 0 Å². The molecule has 0 N–H and O–H groups in total. The Hall–Kier alpha value is -6.18. The molecule has 0 unspecified atom stereocenters. The van der Waals surface area contributed by atoms with Gasteiger partial charge >= 0.3 is 0 Å². The molecule has 10 aromatic rings. The van der Waals surface area contributed by atoms with E-state index in [4.69, 9.17) is 4.42 Å². The largest absolute Gasteiger partial charge is 0.456 e. The van der Waals surface area contributed by atoms with Crippen LogP contribution in [-0.4, -0.2) is 0 Å². The van der Waals surface area contributed by atoms with Crippen LogP contribution in [0, 0.1) is 0 Å². The number of benzene rings is 9. The minimum Gasteiger partial charge on any atom is -0.456 e. The third-order valence-corrected chi connectivity index (χ3v) is 9.80. The predicted molar refractivity (Wildman–Crippen MR) is 200 cm³/mol. The molecule has 1 heterocycles. The summed E-state index contributed by atoms with van der Waals surface area (Å²) in [7, 11) is 0. The molecule has 1 heteroatoms. The van der Waals surface area contributed by atoms with Crippen LogP contribution in [0.4, 0.5) is 0 Å². The minimum absolute atomic E-state index is 0.910. The molecule has 0 aliphatic carbocycles. The quantitative estimate of drug-likeness (QED) is 0.185. The fourth-order valence-electron chi connectivity index (χ4n) is 7.65. The molecule has 0 saturated carbocycles. The zero-order valence-electron chi connectivity index (χ0n) is 25.6. The van der Waals surface area contributed by atoms with Crippen LogP contribution in [0.2, 0.25) is 0 Å². The van der Waals surface area contributed by atoms with E-state index in [-0.39, 0.29) is 0 Å². The first kappa shape index (κ1) is 26.1. The first-order valence-electron chi connectivity index (χ1n) is 16.2. The van der Waals surface area contributed by atoms with Crippen molar-refractivity contribution >= 4 is 65.0 Å². The molecule has 0 bridgehead atoms. The van der Waals surface area contributed by atoms with Crippen LogP contribution in [0.3, 0.4) is 0 Å². The van der Waals surface area contributed by atoms with Crippen molar-refractivity contribution in [3.63, 3.8) is 0 Å². The molecule has 0 amide bonds. The smallest absolute Gasteiger partial charge is 0.136 e. The molecule has 0 aliphatic heterocycles. The first-order chi connectivity index (χ1) is 23.3. The molecule has 0 aliphatic rings. The second-order valence-corrected chi connectivity index (χ2v) is 12.5. The summed E-state index contributed by atoms with van der Waals surface area (Å²) in [5.74, 6) is 0. The summed E-state index contributed by atoms with van der Waals surface area (Å²) >= 11 is 0. The van der Waals surface area contributed by atoms with E-state index in [1.165, 1.54) is 76.5 Å². The van der Waals surface area contributed by atoms with Gasteiger partial charge in [-0.3, -0.25) is 0 Å². The predicted octanol–water partition coefficient (Wildman–Crippen LogP) is 13.2. The monoisotopic (exact) mass is 596 g/mol. The van der Waals surface area contributed by atoms with Crippen LogP contribution >= 0.6 is 0 Å². The summed E-state index contributed by atoms with van der Waals surface area (Å²) < 4.78 is 6.39. The lowest BCUT2D eigenvalue weighted by Crippen LogP contribution is -1.93. The fourth-order valence-corrected chi connectivity index (χ4v) is 7.65. The van der Waals surface area contributed by atoms with Gasteiger partial charge in [-0.05, 0) is 113 Å². The van der Waals surface area contributed by atoms with Gasteiger partial charge < -0.3 is 4.42 Å². The molecule has 9 aromatic carbocycles. The first-order valence-corrected chi connectivity index (χ1v) is 16.2. The van der Waals surface area contributed by atoms with Gasteiger partial charge in [-0.1, -0.05) is 133 Å². The summed E-state index contributed by atoms with van der Waals surface area (Å²) in [6.45, 7) is 0. The van der Waals surface area contributed by atoms with Crippen LogP contribution in [-0.2, 0) is 0 Å².